The van der Waals surface area contributed by atoms with E-state index in [1.54, 1.807) is 7.11 Å². The lowest BCUT2D eigenvalue weighted by Crippen LogP contribution is -2.49. The standard InChI is InChI=1S/C20H40O5Si/c1-14(2)11-12-15-18(25-20(6,7)24-15)17(21)16(22-8)13-23-26(9,10)19(3,4)5/h11-12,14-18,21H,13H2,1-10H3/b12-11+. The number of allylic oxidation sites excluding steroid dienone is 1. The largest absolute Gasteiger partial charge is 0.414 e. The van der Waals surface area contributed by atoms with E-state index in [0.29, 0.717) is 12.5 Å². The molecule has 0 radical (unpaired) electrons. The van der Waals surface area contributed by atoms with Crippen molar-refractivity contribution in [2.75, 3.05) is 13.7 Å². The van der Waals surface area contributed by atoms with Gasteiger partial charge in [-0.25, -0.2) is 0 Å². The van der Waals surface area contributed by atoms with Crippen LogP contribution in [-0.2, 0) is 18.6 Å². The second-order valence-corrected chi connectivity index (χ2v) is 14.3. The second kappa shape index (κ2) is 8.84. The van der Waals surface area contributed by atoms with Gasteiger partial charge in [0.05, 0.1) is 6.61 Å². The van der Waals surface area contributed by atoms with Gasteiger partial charge in [0.15, 0.2) is 14.1 Å². The highest BCUT2D eigenvalue weighted by Crippen LogP contribution is 2.37. The maximum absolute atomic E-state index is 10.9. The van der Waals surface area contributed by atoms with E-state index in [4.69, 9.17) is 18.6 Å². The third-order valence-corrected chi connectivity index (χ3v) is 9.78. The number of rotatable bonds is 8. The molecule has 1 rings (SSSR count). The zero-order valence-corrected chi connectivity index (χ0v) is 19.3. The van der Waals surface area contributed by atoms with Crippen molar-refractivity contribution in [3.63, 3.8) is 0 Å². The molecule has 5 nitrogen and oxygen atoms in total. The molecule has 26 heavy (non-hydrogen) atoms. The zero-order valence-electron chi connectivity index (χ0n) is 18.3. The molecule has 1 N–H and O–H groups in total. The first-order chi connectivity index (χ1) is 11.7. The van der Waals surface area contributed by atoms with Crippen molar-refractivity contribution < 1.29 is 23.7 Å². The summed E-state index contributed by atoms with van der Waals surface area (Å²) in [6, 6.07) is 0. The molecule has 0 saturated carbocycles. The molecule has 1 aliphatic heterocycles. The Hall–Kier alpha value is -0.243. The van der Waals surface area contributed by atoms with Crippen molar-refractivity contribution in [3.05, 3.63) is 12.2 Å². The van der Waals surface area contributed by atoms with Crippen LogP contribution >= 0.6 is 0 Å². The van der Waals surface area contributed by atoms with Gasteiger partial charge in [0.1, 0.15) is 24.4 Å². The van der Waals surface area contributed by atoms with Crippen molar-refractivity contribution in [3.8, 4) is 0 Å². The van der Waals surface area contributed by atoms with E-state index in [1.165, 1.54) is 0 Å². The first-order valence-corrected chi connectivity index (χ1v) is 12.5. The monoisotopic (exact) mass is 388 g/mol. The van der Waals surface area contributed by atoms with Gasteiger partial charge < -0.3 is 23.7 Å². The molecule has 0 amide bonds. The average molecular weight is 389 g/mol. The van der Waals surface area contributed by atoms with Crippen LogP contribution in [0.4, 0.5) is 0 Å². The van der Waals surface area contributed by atoms with E-state index in [0.717, 1.165) is 0 Å². The summed E-state index contributed by atoms with van der Waals surface area (Å²) < 4.78 is 23.8. The number of aliphatic hydroxyl groups is 1. The van der Waals surface area contributed by atoms with Gasteiger partial charge in [0.25, 0.3) is 0 Å². The van der Waals surface area contributed by atoms with Crippen molar-refractivity contribution >= 4 is 8.32 Å². The predicted molar refractivity (Wildman–Crippen MR) is 108 cm³/mol. The van der Waals surface area contributed by atoms with E-state index in [1.807, 2.05) is 19.9 Å². The fourth-order valence-corrected chi connectivity index (χ4v) is 3.60. The van der Waals surface area contributed by atoms with Gasteiger partial charge in [-0.3, -0.25) is 0 Å². The van der Waals surface area contributed by atoms with Crippen molar-refractivity contribution in [2.24, 2.45) is 5.92 Å². The fourth-order valence-electron chi connectivity index (χ4n) is 2.59. The van der Waals surface area contributed by atoms with Gasteiger partial charge in [-0.1, -0.05) is 46.8 Å². The Bertz CT molecular complexity index is 467. The molecule has 1 saturated heterocycles. The molecule has 1 heterocycles. The summed E-state index contributed by atoms with van der Waals surface area (Å²) in [4.78, 5) is 0. The summed E-state index contributed by atoms with van der Waals surface area (Å²) >= 11 is 0. The Labute approximate surface area is 161 Å². The van der Waals surface area contributed by atoms with E-state index in [9.17, 15) is 5.11 Å². The maximum atomic E-state index is 10.9. The van der Waals surface area contributed by atoms with Crippen molar-refractivity contribution in [2.45, 2.75) is 96.8 Å². The van der Waals surface area contributed by atoms with E-state index >= 15 is 0 Å². The van der Waals surface area contributed by atoms with Crippen LogP contribution < -0.4 is 0 Å². The average Bonchev–Trinajstić information content (AvgIpc) is 2.79. The normalized spacial score (nSPS) is 26.6. The maximum Gasteiger partial charge on any atom is 0.192 e. The summed E-state index contributed by atoms with van der Waals surface area (Å²) in [5.74, 6) is -0.337. The molecular formula is C20H40O5Si. The van der Waals surface area contributed by atoms with Crippen LogP contribution in [0.1, 0.15) is 48.5 Å². The molecular weight excluding hydrogens is 348 g/mol. The third-order valence-electron chi connectivity index (χ3n) is 5.28. The van der Waals surface area contributed by atoms with E-state index in [-0.39, 0.29) is 11.1 Å². The van der Waals surface area contributed by atoms with Crippen LogP contribution in [0, 0.1) is 5.92 Å². The van der Waals surface area contributed by atoms with Crippen molar-refractivity contribution in [1.29, 1.82) is 0 Å². The Balaban J connectivity index is 2.86. The van der Waals surface area contributed by atoms with Crippen LogP contribution in [0.5, 0.6) is 0 Å². The summed E-state index contributed by atoms with van der Waals surface area (Å²) in [5.41, 5.74) is 0. The highest BCUT2D eigenvalue weighted by atomic mass is 28.4. The molecule has 6 heteroatoms. The highest BCUT2D eigenvalue weighted by Gasteiger charge is 2.46. The van der Waals surface area contributed by atoms with Crippen LogP contribution in [0.25, 0.3) is 0 Å². The SMILES string of the molecule is COC(CO[Si](C)(C)C(C)(C)C)C(O)C1OC(C)(C)OC1/C=C/C(C)C. The molecule has 0 aromatic carbocycles. The first-order valence-electron chi connectivity index (χ1n) is 9.59. The van der Waals surface area contributed by atoms with Gasteiger partial charge in [-0.15, -0.1) is 0 Å². The molecule has 1 aliphatic rings. The fraction of sp³-hybridized carbons (Fsp3) is 0.900. The van der Waals surface area contributed by atoms with Crippen molar-refractivity contribution in [1.82, 2.24) is 0 Å². The van der Waals surface area contributed by atoms with E-state index in [2.05, 4.69) is 53.8 Å². The second-order valence-electron chi connectivity index (χ2n) is 9.53. The number of hydrogen-bond acceptors (Lipinski definition) is 5. The molecule has 0 spiro atoms. The Morgan fingerprint density at radius 1 is 1.19 bits per heavy atom. The van der Waals surface area contributed by atoms with Crippen LogP contribution in [-0.4, -0.2) is 57.3 Å². The highest BCUT2D eigenvalue weighted by molar-refractivity contribution is 6.74. The summed E-state index contributed by atoms with van der Waals surface area (Å²) in [6.45, 7) is 19.3. The molecule has 4 unspecified atom stereocenters. The summed E-state index contributed by atoms with van der Waals surface area (Å²) in [5, 5.41) is 11.1. The Morgan fingerprint density at radius 2 is 1.77 bits per heavy atom. The van der Waals surface area contributed by atoms with Gasteiger partial charge >= 0.3 is 0 Å². The molecule has 0 aromatic rings. The Kier molecular flexibility index (Phi) is 8.09. The van der Waals surface area contributed by atoms with Crippen LogP contribution in [0.2, 0.25) is 18.1 Å². The third kappa shape index (κ3) is 6.43. The minimum Gasteiger partial charge on any atom is -0.414 e. The quantitative estimate of drug-likeness (QED) is 0.501. The van der Waals surface area contributed by atoms with Crippen LogP contribution in [0.15, 0.2) is 12.2 Å². The van der Waals surface area contributed by atoms with E-state index < -0.39 is 32.4 Å². The molecule has 1 fully saturated rings. The van der Waals surface area contributed by atoms with Gasteiger partial charge in [-0.05, 0) is 37.9 Å². The smallest absolute Gasteiger partial charge is 0.192 e. The minimum absolute atomic E-state index is 0.105. The lowest BCUT2D eigenvalue weighted by Gasteiger charge is -2.38. The molecule has 4 atom stereocenters. The lowest BCUT2D eigenvalue weighted by atomic mass is 10.0. The number of aliphatic hydroxyl groups excluding tert-OH is 1. The first kappa shape index (κ1) is 23.8. The number of methoxy groups -OCH3 is 1. The molecule has 154 valence electrons. The number of hydrogen-bond donors (Lipinski definition) is 1. The molecule has 0 aliphatic carbocycles. The minimum atomic E-state index is -1.92. The van der Waals surface area contributed by atoms with Gasteiger partial charge in [0.2, 0.25) is 0 Å². The predicted octanol–water partition coefficient (Wildman–Crippen LogP) is 4.12. The van der Waals surface area contributed by atoms with Gasteiger partial charge in [0, 0.05) is 7.11 Å². The summed E-state index contributed by atoms with van der Waals surface area (Å²) in [7, 11) is -0.322. The summed E-state index contributed by atoms with van der Waals surface area (Å²) in [6.07, 6.45) is 1.94. The molecule has 0 aromatic heterocycles. The van der Waals surface area contributed by atoms with Crippen LogP contribution in [0.3, 0.4) is 0 Å². The topological polar surface area (TPSA) is 57.2 Å². The zero-order chi connectivity index (χ0) is 20.3. The molecule has 0 bridgehead atoms. The van der Waals surface area contributed by atoms with Gasteiger partial charge in [-0.2, -0.15) is 0 Å². The number of ether oxygens (including phenoxy) is 3. The Morgan fingerprint density at radius 3 is 2.23 bits per heavy atom. The lowest BCUT2D eigenvalue weighted by molar-refractivity contribution is -0.165.